The van der Waals surface area contributed by atoms with Gasteiger partial charge in [0.15, 0.2) is 0 Å². The molecule has 0 aliphatic carbocycles. The number of rotatable bonds is 5. The van der Waals surface area contributed by atoms with Gasteiger partial charge in [-0.2, -0.15) is 28.1 Å². The van der Waals surface area contributed by atoms with Crippen LogP contribution in [-0.4, -0.2) is 41.3 Å². The lowest BCUT2D eigenvalue weighted by Crippen LogP contribution is -2.26. The highest BCUT2D eigenvalue weighted by molar-refractivity contribution is 6.28. The Labute approximate surface area is 107 Å². The summed E-state index contributed by atoms with van der Waals surface area (Å²) in [6.07, 6.45) is -5.15. The number of hydrogen-bond donors (Lipinski definition) is 1. The fourth-order valence-electron chi connectivity index (χ4n) is 1.14. The molecule has 5 nitrogen and oxygen atoms in total. The summed E-state index contributed by atoms with van der Waals surface area (Å²) in [5, 5.41) is 2.76. The predicted octanol–water partition coefficient (Wildman–Crippen LogP) is 2.35. The number of hydrogen-bond acceptors (Lipinski definition) is 5. The van der Waals surface area contributed by atoms with Gasteiger partial charge in [0.05, 0.1) is 6.42 Å². The predicted molar refractivity (Wildman–Crippen MR) is 62.9 cm³/mol. The Hall–Kier alpha value is -1.31. The van der Waals surface area contributed by atoms with E-state index in [1.165, 1.54) is 11.9 Å². The van der Waals surface area contributed by atoms with E-state index < -0.39 is 12.6 Å². The largest absolute Gasteiger partial charge is 0.390 e. The van der Waals surface area contributed by atoms with Crippen molar-refractivity contribution in [2.75, 3.05) is 30.4 Å². The lowest BCUT2D eigenvalue weighted by atomic mass is 10.4. The molecule has 0 bridgehead atoms. The zero-order valence-corrected chi connectivity index (χ0v) is 10.7. The Morgan fingerprint density at radius 2 is 1.94 bits per heavy atom. The van der Waals surface area contributed by atoms with Crippen LogP contribution in [0.2, 0.25) is 5.28 Å². The summed E-state index contributed by atoms with van der Waals surface area (Å²) >= 11 is 5.67. The topological polar surface area (TPSA) is 53.9 Å². The monoisotopic (exact) mass is 283 g/mol. The molecule has 0 saturated carbocycles. The van der Waals surface area contributed by atoms with Gasteiger partial charge in [-0.1, -0.05) is 0 Å². The van der Waals surface area contributed by atoms with Crippen LogP contribution >= 0.6 is 11.6 Å². The third kappa shape index (κ3) is 4.91. The highest BCUT2D eigenvalue weighted by atomic mass is 35.5. The Bertz CT molecular complexity index is 398. The molecular weight excluding hydrogens is 271 g/mol. The van der Waals surface area contributed by atoms with Crippen LogP contribution in [0.1, 0.15) is 13.3 Å². The first-order valence-corrected chi connectivity index (χ1v) is 5.63. The number of aromatic nitrogens is 3. The molecule has 0 amide bonds. The molecule has 1 aromatic heterocycles. The van der Waals surface area contributed by atoms with Crippen molar-refractivity contribution in [3.8, 4) is 0 Å². The quantitative estimate of drug-likeness (QED) is 0.899. The van der Waals surface area contributed by atoms with Crippen molar-refractivity contribution < 1.29 is 13.2 Å². The second-order valence-corrected chi connectivity index (χ2v) is 3.88. The van der Waals surface area contributed by atoms with Crippen LogP contribution in [0.5, 0.6) is 0 Å². The summed E-state index contributed by atoms with van der Waals surface area (Å²) in [5.41, 5.74) is 0. The summed E-state index contributed by atoms with van der Waals surface area (Å²) < 4.78 is 36.3. The van der Waals surface area contributed by atoms with Crippen molar-refractivity contribution in [1.29, 1.82) is 0 Å². The lowest BCUT2D eigenvalue weighted by Gasteiger charge is -2.18. The molecule has 0 radical (unpaired) electrons. The zero-order valence-electron chi connectivity index (χ0n) is 9.92. The first-order valence-electron chi connectivity index (χ1n) is 5.25. The molecule has 0 atom stereocenters. The molecule has 1 heterocycles. The van der Waals surface area contributed by atoms with E-state index in [4.69, 9.17) is 11.6 Å². The van der Waals surface area contributed by atoms with Crippen molar-refractivity contribution in [3.05, 3.63) is 5.28 Å². The van der Waals surface area contributed by atoms with E-state index in [1.54, 1.807) is 0 Å². The molecule has 0 saturated heterocycles. The molecule has 0 aliphatic rings. The smallest absolute Gasteiger partial charge is 0.354 e. The van der Waals surface area contributed by atoms with Gasteiger partial charge in [-0.05, 0) is 18.5 Å². The Morgan fingerprint density at radius 1 is 1.28 bits per heavy atom. The van der Waals surface area contributed by atoms with E-state index in [0.29, 0.717) is 6.54 Å². The van der Waals surface area contributed by atoms with Gasteiger partial charge in [0.2, 0.25) is 17.2 Å². The number of nitrogens with zero attached hydrogens (tertiary/aromatic N) is 4. The Kier molecular flexibility index (Phi) is 4.94. The van der Waals surface area contributed by atoms with Crippen molar-refractivity contribution >= 4 is 23.5 Å². The standard InChI is InChI=1S/C9H13ClF3N5/c1-3-14-7-15-6(10)16-8(17-7)18(2)5-4-9(11,12)13/h3-5H2,1-2H3,(H,14,15,16,17). The van der Waals surface area contributed by atoms with Gasteiger partial charge in [-0.15, -0.1) is 0 Å². The van der Waals surface area contributed by atoms with Crippen molar-refractivity contribution in [2.24, 2.45) is 0 Å². The summed E-state index contributed by atoms with van der Waals surface area (Å²) in [6, 6.07) is 0. The first kappa shape index (κ1) is 14.7. The second-order valence-electron chi connectivity index (χ2n) is 3.55. The van der Waals surface area contributed by atoms with Gasteiger partial charge >= 0.3 is 6.18 Å². The van der Waals surface area contributed by atoms with Crippen molar-refractivity contribution in [2.45, 2.75) is 19.5 Å². The van der Waals surface area contributed by atoms with Gasteiger partial charge in [0.25, 0.3) is 0 Å². The molecule has 1 aromatic rings. The van der Waals surface area contributed by atoms with Crippen LogP contribution in [-0.2, 0) is 0 Å². The molecule has 0 aromatic carbocycles. The van der Waals surface area contributed by atoms with Crippen LogP contribution in [0.3, 0.4) is 0 Å². The maximum absolute atomic E-state index is 12.1. The minimum atomic E-state index is -4.21. The number of anilines is 2. The van der Waals surface area contributed by atoms with Crippen molar-refractivity contribution in [1.82, 2.24) is 15.0 Å². The molecule has 0 aliphatic heterocycles. The van der Waals surface area contributed by atoms with Crippen LogP contribution < -0.4 is 10.2 Å². The van der Waals surface area contributed by atoms with E-state index in [2.05, 4.69) is 20.3 Å². The van der Waals surface area contributed by atoms with Gasteiger partial charge in [-0.25, -0.2) is 0 Å². The van der Waals surface area contributed by atoms with Crippen LogP contribution in [0.4, 0.5) is 25.1 Å². The Morgan fingerprint density at radius 3 is 2.50 bits per heavy atom. The maximum atomic E-state index is 12.1. The number of halogens is 4. The first-order chi connectivity index (χ1) is 8.31. The molecule has 1 N–H and O–H groups in total. The molecular formula is C9H13ClF3N5. The van der Waals surface area contributed by atoms with Gasteiger partial charge in [0.1, 0.15) is 0 Å². The van der Waals surface area contributed by atoms with Crippen LogP contribution in [0.25, 0.3) is 0 Å². The molecule has 0 unspecified atom stereocenters. The number of nitrogens with one attached hydrogen (secondary N) is 1. The van der Waals surface area contributed by atoms with Crippen LogP contribution in [0.15, 0.2) is 0 Å². The molecule has 0 spiro atoms. The SMILES string of the molecule is CCNc1nc(Cl)nc(N(C)CCC(F)(F)F)n1. The fraction of sp³-hybridized carbons (Fsp3) is 0.667. The fourth-order valence-corrected chi connectivity index (χ4v) is 1.30. The maximum Gasteiger partial charge on any atom is 0.390 e. The molecule has 102 valence electrons. The average Bonchev–Trinajstić information content (AvgIpc) is 2.24. The number of alkyl halides is 3. The summed E-state index contributed by atoms with van der Waals surface area (Å²) in [5.74, 6) is 0.349. The third-order valence-electron chi connectivity index (χ3n) is 2.00. The summed E-state index contributed by atoms with van der Waals surface area (Å²) in [4.78, 5) is 12.8. The van der Waals surface area contributed by atoms with E-state index in [1.807, 2.05) is 6.92 Å². The van der Waals surface area contributed by atoms with Crippen LogP contribution in [0, 0.1) is 0 Å². The van der Waals surface area contributed by atoms with Crippen molar-refractivity contribution in [3.63, 3.8) is 0 Å². The molecule has 0 fully saturated rings. The van der Waals surface area contributed by atoms with E-state index >= 15 is 0 Å². The minimum Gasteiger partial charge on any atom is -0.354 e. The third-order valence-corrected chi connectivity index (χ3v) is 2.17. The molecule has 18 heavy (non-hydrogen) atoms. The van der Waals surface area contributed by atoms with Gasteiger partial charge in [0, 0.05) is 20.1 Å². The normalized spacial score (nSPS) is 11.4. The van der Waals surface area contributed by atoms with Gasteiger partial charge < -0.3 is 10.2 Å². The highest BCUT2D eigenvalue weighted by Crippen LogP contribution is 2.21. The highest BCUT2D eigenvalue weighted by Gasteiger charge is 2.27. The zero-order chi connectivity index (χ0) is 13.8. The van der Waals surface area contributed by atoms with E-state index in [0.717, 1.165) is 0 Å². The van der Waals surface area contributed by atoms with Gasteiger partial charge in [-0.3, -0.25) is 0 Å². The summed E-state index contributed by atoms with van der Waals surface area (Å²) in [7, 11) is 1.47. The summed E-state index contributed by atoms with van der Waals surface area (Å²) in [6.45, 7) is 2.17. The molecule has 9 heteroatoms. The molecule has 1 rings (SSSR count). The Balaban J connectivity index is 2.75. The van der Waals surface area contributed by atoms with E-state index in [-0.39, 0.29) is 23.7 Å². The average molecular weight is 284 g/mol. The minimum absolute atomic E-state index is 0.0604. The second kappa shape index (κ2) is 6.03. The lowest BCUT2D eigenvalue weighted by molar-refractivity contribution is -0.132. The van der Waals surface area contributed by atoms with E-state index in [9.17, 15) is 13.2 Å².